The number of hydrogen-bond acceptors (Lipinski definition) is 1. The molecule has 0 aromatic rings. The van der Waals surface area contributed by atoms with Gasteiger partial charge in [0.25, 0.3) is 0 Å². The Bertz CT molecular complexity index is 213. The van der Waals surface area contributed by atoms with Crippen LogP contribution in [0.15, 0.2) is 0 Å². The smallest absolute Gasteiger partial charge is 0.0690 e. The zero-order valence-electron chi connectivity index (χ0n) is 9.39. The van der Waals surface area contributed by atoms with Crippen molar-refractivity contribution in [2.75, 3.05) is 0 Å². The van der Waals surface area contributed by atoms with E-state index in [1.165, 1.54) is 25.7 Å². The molecule has 1 aliphatic heterocycles. The highest BCUT2D eigenvalue weighted by molar-refractivity contribution is 5.04. The summed E-state index contributed by atoms with van der Waals surface area (Å²) < 4.78 is 6.18. The summed E-state index contributed by atoms with van der Waals surface area (Å²) in [5, 5.41) is 0. The molecule has 3 unspecified atom stereocenters. The molecule has 76 valence electrons. The second kappa shape index (κ2) is 2.73. The van der Waals surface area contributed by atoms with E-state index >= 15 is 0 Å². The van der Waals surface area contributed by atoms with Crippen molar-refractivity contribution in [1.29, 1.82) is 0 Å². The molecule has 1 heteroatoms. The molecule has 2 aliphatic rings. The quantitative estimate of drug-likeness (QED) is 0.604. The fraction of sp³-hybridized carbons (Fsp3) is 1.00. The molecular weight excluding hydrogens is 160 g/mol. The summed E-state index contributed by atoms with van der Waals surface area (Å²) in [7, 11) is 0. The van der Waals surface area contributed by atoms with Gasteiger partial charge in [-0.3, -0.25) is 0 Å². The maximum atomic E-state index is 6.18. The zero-order chi connectivity index (χ0) is 9.69. The summed E-state index contributed by atoms with van der Waals surface area (Å²) in [5.41, 5.74) is 0.703. The van der Waals surface area contributed by atoms with E-state index in [1.807, 2.05) is 0 Å². The number of rotatable bonds is 1. The van der Waals surface area contributed by atoms with Crippen LogP contribution >= 0.6 is 0 Å². The molecule has 0 radical (unpaired) electrons. The highest BCUT2D eigenvalue weighted by Gasteiger charge is 2.55. The predicted molar refractivity (Wildman–Crippen MR) is 54.7 cm³/mol. The van der Waals surface area contributed by atoms with Crippen LogP contribution in [0.1, 0.15) is 53.4 Å². The Hall–Kier alpha value is -0.0400. The van der Waals surface area contributed by atoms with Crippen molar-refractivity contribution in [2.45, 2.75) is 65.1 Å². The van der Waals surface area contributed by atoms with Crippen molar-refractivity contribution in [3.8, 4) is 0 Å². The van der Waals surface area contributed by atoms with E-state index in [9.17, 15) is 0 Å². The van der Waals surface area contributed by atoms with Gasteiger partial charge in [-0.2, -0.15) is 0 Å². The van der Waals surface area contributed by atoms with E-state index in [2.05, 4.69) is 27.7 Å². The first-order valence-corrected chi connectivity index (χ1v) is 5.70. The average Bonchev–Trinajstić information content (AvgIpc) is 2.31. The maximum absolute atomic E-state index is 6.18. The molecule has 1 heterocycles. The summed E-state index contributed by atoms with van der Waals surface area (Å²) >= 11 is 0. The fourth-order valence-electron chi connectivity index (χ4n) is 3.39. The summed E-state index contributed by atoms with van der Waals surface area (Å²) in [6.07, 6.45) is 5.79. The molecule has 2 bridgehead atoms. The summed E-state index contributed by atoms with van der Waals surface area (Å²) in [5.74, 6) is 0.747. The minimum absolute atomic E-state index is 0.188. The third-order valence-electron chi connectivity index (χ3n) is 4.83. The lowest BCUT2D eigenvalue weighted by atomic mass is 9.64. The van der Waals surface area contributed by atoms with Crippen LogP contribution < -0.4 is 0 Å². The van der Waals surface area contributed by atoms with Gasteiger partial charge in [-0.05, 0) is 50.9 Å². The normalized spacial score (nSPS) is 55.4. The van der Waals surface area contributed by atoms with Crippen LogP contribution in [0, 0.1) is 11.3 Å². The third-order valence-corrected chi connectivity index (χ3v) is 4.83. The summed E-state index contributed by atoms with van der Waals surface area (Å²) in [6, 6.07) is 0. The van der Waals surface area contributed by atoms with Crippen LogP contribution in [0.2, 0.25) is 0 Å². The molecule has 13 heavy (non-hydrogen) atoms. The summed E-state index contributed by atoms with van der Waals surface area (Å²) in [6.45, 7) is 9.25. The molecule has 4 atom stereocenters. The Balaban J connectivity index is 2.28. The van der Waals surface area contributed by atoms with Gasteiger partial charge in [0.15, 0.2) is 0 Å². The van der Waals surface area contributed by atoms with Gasteiger partial charge in [-0.25, -0.2) is 0 Å². The van der Waals surface area contributed by atoms with Crippen LogP contribution in [-0.2, 0) is 4.74 Å². The molecule has 2 fully saturated rings. The standard InChI is InChI=1S/C12H22O/c1-5-12-7-6-9(2)11(4,8-12)13-10(12)3/h9-10H,5-8H2,1-4H3/t9?,10?,11?,12-/m0/s1. The Morgan fingerprint density at radius 3 is 2.69 bits per heavy atom. The number of ether oxygens (including phenoxy) is 1. The zero-order valence-corrected chi connectivity index (χ0v) is 9.39. The monoisotopic (exact) mass is 182 g/mol. The Morgan fingerprint density at radius 2 is 2.08 bits per heavy atom. The lowest BCUT2D eigenvalue weighted by Gasteiger charge is -2.39. The first kappa shape index (κ1) is 9.51. The minimum atomic E-state index is 0.188. The van der Waals surface area contributed by atoms with Gasteiger partial charge >= 0.3 is 0 Å². The van der Waals surface area contributed by atoms with E-state index in [1.54, 1.807) is 0 Å². The van der Waals surface area contributed by atoms with Crippen LogP contribution in [0.3, 0.4) is 0 Å². The van der Waals surface area contributed by atoms with Gasteiger partial charge in [0.2, 0.25) is 0 Å². The molecular formula is C12H22O. The number of hydrogen-bond donors (Lipinski definition) is 0. The molecule has 0 spiro atoms. The first-order chi connectivity index (χ1) is 6.02. The van der Waals surface area contributed by atoms with E-state index in [0.29, 0.717) is 11.5 Å². The Labute approximate surface area is 81.9 Å². The van der Waals surface area contributed by atoms with E-state index in [4.69, 9.17) is 4.74 Å². The molecule has 1 aliphatic carbocycles. The van der Waals surface area contributed by atoms with Crippen LogP contribution in [0.25, 0.3) is 0 Å². The molecule has 0 aromatic carbocycles. The van der Waals surface area contributed by atoms with E-state index < -0.39 is 0 Å². The second-order valence-electron chi connectivity index (χ2n) is 5.41. The molecule has 2 rings (SSSR count). The SMILES string of the molecule is CC[C@]12CCC(C)C(C)(C1)OC2C. The topological polar surface area (TPSA) is 9.23 Å². The minimum Gasteiger partial charge on any atom is -0.371 e. The van der Waals surface area contributed by atoms with Gasteiger partial charge in [-0.15, -0.1) is 0 Å². The van der Waals surface area contributed by atoms with Gasteiger partial charge < -0.3 is 4.74 Å². The van der Waals surface area contributed by atoms with Crippen molar-refractivity contribution in [3.63, 3.8) is 0 Å². The Kier molecular flexibility index (Phi) is 1.99. The number of fused-ring (bicyclic) bond motifs is 2. The molecule has 0 aromatic heterocycles. The summed E-state index contributed by atoms with van der Waals surface area (Å²) in [4.78, 5) is 0. The molecule has 1 nitrogen and oxygen atoms in total. The van der Waals surface area contributed by atoms with Gasteiger partial charge in [0, 0.05) is 0 Å². The lowest BCUT2D eigenvalue weighted by molar-refractivity contribution is -0.0545. The lowest BCUT2D eigenvalue weighted by Crippen LogP contribution is -2.38. The van der Waals surface area contributed by atoms with E-state index in [0.717, 1.165) is 5.92 Å². The Morgan fingerprint density at radius 1 is 1.38 bits per heavy atom. The molecule has 1 saturated heterocycles. The second-order valence-corrected chi connectivity index (χ2v) is 5.41. The highest BCUT2D eigenvalue weighted by Crippen LogP contribution is 2.57. The van der Waals surface area contributed by atoms with Gasteiger partial charge in [0.1, 0.15) is 0 Å². The van der Waals surface area contributed by atoms with E-state index in [-0.39, 0.29) is 5.60 Å². The fourth-order valence-corrected chi connectivity index (χ4v) is 3.39. The average molecular weight is 182 g/mol. The van der Waals surface area contributed by atoms with Crippen LogP contribution in [0.4, 0.5) is 0 Å². The van der Waals surface area contributed by atoms with Crippen LogP contribution in [-0.4, -0.2) is 11.7 Å². The molecule has 0 N–H and O–H groups in total. The van der Waals surface area contributed by atoms with Crippen molar-refractivity contribution in [1.82, 2.24) is 0 Å². The maximum Gasteiger partial charge on any atom is 0.0690 e. The van der Waals surface area contributed by atoms with Gasteiger partial charge in [0.05, 0.1) is 11.7 Å². The van der Waals surface area contributed by atoms with Crippen LogP contribution in [0.5, 0.6) is 0 Å². The van der Waals surface area contributed by atoms with Crippen molar-refractivity contribution < 1.29 is 4.74 Å². The highest BCUT2D eigenvalue weighted by atomic mass is 16.5. The van der Waals surface area contributed by atoms with Gasteiger partial charge in [-0.1, -0.05) is 13.8 Å². The third kappa shape index (κ3) is 1.16. The predicted octanol–water partition coefficient (Wildman–Crippen LogP) is 3.38. The van der Waals surface area contributed by atoms with Crippen molar-refractivity contribution in [3.05, 3.63) is 0 Å². The molecule has 1 saturated carbocycles. The van der Waals surface area contributed by atoms with Crippen molar-refractivity contribution >= 4 is 0 Å². The largest absolute Gasteiger partial charge is 0.371 e. The molecule has 0 amide bonds. The van der Waals surface area contributed by atoms with Crippen molar-refractivity contribution in [2.24, 2.45) is 11.3 Å². The first-order valence-electron chi connectivity index (χ1n) is 5.70.